The summed E-state index contributed by atoms with van der Waals surface area (Å²) < 4.78 is 17.5. The second-order valence-corrected chi connectivity index (χ2v) is 12.9. The van der Waals surface area contributed by atoms with E-state index >= 15 is 0 Å². The molecule has 0 spiro atoms. The van der Waals surface area contributed by atoms with Gasteiger partial charge in [0.15, 0.2) is 0 Å². The number of rotatable bonds is 7. The second kappa shape index (κ2) is 9.79. The minimum Gasteiger partial charge on any atom is -0.497 e. The van der Waals surface area contributed by atoms with E-state index in [1.54, 1.807) is 7.11 Å². The summed E-state index contributed by atoms with van der Waals surface area (Å²) in [4.78, 5) is 12.9. The largest absolute Gasteiger partial charge is 0.497 e. The topological polar surface area (TPSA) is 56.8 Å². The van der Waals surface area contributed by atoms with Crippen molar-refractivity contribution in [2.45, 2.75) is 89.3 Å². The molecule has 2 aliphatic carbocycles. The highest BCUT2D eigenvalue weighted by Gasteiger charge is 2.55. The highest BCUT2D eigenvalue weighted by atomic mass is 16.6. The third-order valence-corrected chi connectivity index (χ3v) is 10.0. The summed E-state index contributed by atoms with van der Waals surface area (Å²) in [5.41, 5.74) is 2.89. The number of ether oxygens (including phenoxy) is 3. The predicted molar refractivity (Wildman–Crippen MR) is 142 cm³/mol. The van der Waals surface area contributed by atoms with E-state index in [0.29, 0.717) is 18.4 Å². The maximum atomic E-state index is 12.9. The molecule has 5 nitrogen and oxygen atoms in total. The van der Waals surface area contributed by atoms with Crippen molar-refractivity contribution in [1.29, 1.82) is 0 Å². The Morgan fingerprint density at radius 3 is 2.67 bits per heavy atom. The summed E-state index contributed by atoms with van der Waals surface area (Å²) >= 11 is 0. The van der Waals surface area contributed by atoms with Gasteiger partial charge in [-0.25, -0.2) is 0 Å². The summed E-state index contributed by atoms with van der Waals surface area (Å²) in [6.07, 6.45) is 8.73. The average Bonchev–Trinajstić information content (AvgIpc) is 3.13. The lowest BCUT2D eigenvalue weighted by Gasteiger charge is -2.50. The molecule has 0 aromatic heterocycles. The van der Waals surface area contributed by atoms with Crippen LogP contribution < -0.4 is 10.1 Å². The minimum absolute atomic E-state index is 0.00225. The first-order chi connectivity index (χ1) is 17.1. The molecule has 0 radical (unpaired) electrons. The SMILES string of the molecule is C=C1CCC[C@]2(C)C[C@H]3OC(=O)[C@@H](CNCC[C@@]4(c5ccc(OC)cc5)CCOC(C)(C)C4)[C@@H]3C[C@@H]12. The molecule has 198 valence electrons. The highest BCUT2D eigenvalue weighted by Crippen LogP contribution is 2.56. The Bertz CT molecular complexity index is 971. The molecule has 6 atom stereocenters. The van der Waals surface area contributed by atoms with E-state index in [1.165, 1.54) is 24.0 Å². The number of methoxy groups -OCH3 is 1. The first-order valence-electron chi connectivity index (χ1n) is 14.0. The van der Waals surface area contributed by atoms with Crippen LogP contribution in [0.15, 0.2) is 36.4 Å². The Balaban J connectivity index is 1.24. The van der Waals surface area contributed by atoms with Gasteiger partial charge in [-0.2, -0.15) is 0 Å². The summed E-state index contributed by atoms with van der Waals surface area (Å²) in [6, 6.07) is 8.57. The number of esters is 1. The van der Waals surface area contributed by atoms with E-state index in [0.717, 1.165) is 57.4 Å². The molecule has 36 heavy (non-hydrogen) atoms. The number of allylic oxidation sites excluding steroid dienone is 1. The fourth-order valence-corrected chi connectivity index (χ4v) is 8.10. The van der Waals surface area contributed by atoms with Crippen molar-refractivity contribution in [2.75, 3.05) is 26.8 Å². The summed E-state index contributed by atoms with van der Waals surface area (Å²) in [7, 11) is 1.71. The second-order valence-electron chi connectivity index (χ2n) is 12.9. The van der Waals surface area contributed by atoms with Crippen LogP contribution in [0.25, 0.3) is 0 Å². The predicted octanol–water partition coefficient (Wildman–Crippen LogP) is 5.82. The first kappa shape index (κ1) is 25.8. The fraction of sp³-hybridized carbons (Fsp3) is 0.710. The van der Waals surface area contributed by atoms with Crippen molar-refractivity contribution in [2.24, 2.45) is 23.2 Å². The third kappa shape index (κ3) is 4.86. The third-order valence-electron chi connectivity index (χ3n) is 10.0. The van der Waals surface area contributed by atoms with Crippen LogP contribution in [-0.4, -0.2) is 44.5 Å². The van der Waals surface area contributed by atoms with Gasteiger partial charge in [0.2, 0.25) is 0 Å². The molecule has 1 N–H and O–H groups in total. The lowest BCUT2D eigenvalue weighted by molar-refractivity contribution is -0.146. The van der Waals surface area contributed by atoms with E-state index < -0.39 is 0 Å². The zero-order valence-electron chi connectivity index (χ0n) is 22.7. The number of benzene rings is 1. The van der Waals surface area contributed by atoms with E-state index in [1.807, 2.05) is 0 Å². The van der Waals surface area contributed by atoms with Gasteiger partial charge in [-0.15, -0.1) is 0 Å². The molecule has 2 heterocycles. The maximum Gasteiger partial charge on any atom is 0.310 e. The molecule has 5 rings (SSSR count). The van der Waals surface area contributed by atoms with E-state index in [-0.39, 0.29) is 34.4 Å². The molecule has 0 unspecified atom stereocenters. The summed E-state index contributed by atoms with van der Waals surface area (Å²) in [5.74, 6) is 1.69. The number of hydrogen-bond donors (Lipinski definition) is 1. The number of fused-ring (bicyclic) bond motifs is 2. The van der Waals surface area contributed by atoms with Gasteiger partial charge < -0.3 is 19.5 Å². The van der Waals surface area contributed by atoms with E-state index in [2.05, 4.69) is 56.9 Å². The Morgan fingerprint density at radius 1 is 1.17 bits per heavy atom. The molecule has 0 bridgehead atoms. The van der Waals surface area contributed by atoms with Gasteiger partial charge in [-0.3, -0.25) is 4.79 Å². The molecule has 5 heteroatoms. The van der Waals surface area contributed by atoms with Crippen LogP contribution in [0.5, 0.6) is 5.75 Å². The number of carbonyl (C=O) groups is 1. The molecular weight excluding hydrogens is 450 g/mol. The molecule has 4 fully saturated rings. The number of hydrogen-bond acceptors (Lipinski definition) is 5. The minimum atomic E-state index is -0.155. The first-order valence-corrected chi connectivity index (χ1v) is 14.0. The Kier molecular flexibility index (Phi) is 7.01. The van der Waals surface area contributed by atoms with Crippen LogP contribution >= 0.6 is 0 Å². The molecule has 4 aliphatic rings. The number of carbonyl (C=O) groups excluding carboxylic acids is 1. The van der Waals surface area contributed by atoms with Gasteiger partial charge in [0, 0.05) is 24.5 Å². The quantitative estimate of drug-likeness (QED) is 0.294. The normalized spacial score (nSPS) is 37.7. The average molecular weight is 496 g/mol. The zero-order chi connectivity index (χ0) is 25.6. The van der Waals surface area contributed by atoms with Crippen LogP contribution in [0.3, 0.4) is 0 Å². The standard InChI is InChI=1S/C31H45NO4/c1-21-7-6-12-30(4)18-27-24(17-26(21)30)25(28(33)36-27)19-32-15-13-31(14-16-35-29(2,3)20-31)22-8-10-23(34-5)11-9-22/h8-11,24-27,32H,1,6-7,12-20H2,2-5H3/t24-,25-,26-,27+,30+,31+/m0/s1. The molecule has 0 amide bonds. The van der Waals surface area contributed by atoms with Gasteiger partial charge in [0.1, 0.15) is 11.9 Å². The van der Waals surface area contributed by atoms with Crippen LogP contribution in [0, 0.1) is 23.2 Å². The highest BCUT2D eigenvalue weighted by molar-refractivity contribution is 5.75. The molecule has 2 saturated carbocycles. The maximum absolute atomic E-state index is 12.9. The Labute approximate surface area is 217 Å². The Morgan fingerprint density at radius 2 is 1.94 bits per heavy atom. The fourth-order valence-electron chi connectivity index (χ4n) is 8.10. The molecule has 1 aromatic carbocycles. The van der Waals surface area contributed by atoms with Crippen LogP contribution in [0.2, 0.25) is 0 Å². The van der Waals surface area contributed by atoms with Crippen LogP contribution in [-0.2, 0) is 19.7 Å². The van der Waals surface area contributed by atoms with E-state index in [4.69, 9.17) is 14.2 Å². The van der Waals surface area contributed by atoms with Crippen molar-refractivity contribution < 1.29 is 19.0 Å². The monoisotopic (exact) mass is 495 g/mol. The van der Waals surface area contributed by atoms with Gasteiger partial charge >= 0.3 is 5.97 Å². The Hall–Kier alpha value is -1.85. The lowest BCUT2D eigenvalue weighted by atomic mass is 9.55. The van der Waals surface area contributed by atoms with Crippen molar-refractivity contribution in [1.82, 2.24) is 5.32 Å². The summed E-state index contributed by atoms with van der Waals surface area (Å²) in [6.45, 7) is 13.6. The van der Waals surface area contributed by atoms with Gasteiger partial charge in [0.25, 0.3) is 0 Å². The van der Waals surface area contributed by atoms with Crippen LogP contribution in [0.4, 0.5) is 0 Å². The van der Waals surface area contributed by atoms with Gasteiger partial charge in [-0.1, -0.05) is 31.2 Å². The van der Waals surface area contributed by atoms with Crippen LogP contribution in [0.1, 0.15) is 77.7 Å². The number of nitrogens with one attached hydrogen (secondary N) is 1. The van der Waals surface area contributed by atoms with Crippen molar-refractivity contribution in [3.05, 3.63) is 42.0 Å². The smallest absolute Gasteiger partial charge is 0.310 e. The van der Waals surface area contributed by atoms with Crippen molar-refractivity contribution >= 4 is 5.97 Å². The van der Waals surface area contributed by atoms with E-state index in [9.17, 15) is 4.79 Å². The molecule has 2 saturated heterocycles. The van der Waals surface area contributed by atoms with Crippen molar-refractivity contribution in [3.63, 3.8) is 0 Å². The van der Waals surface area contributed by atoms with Crippen molar-refractivity contribution in [3.8, 4) is 5.75 Å². The van der Waals surface area contributed by atoms with Gasteiger partial charge in [0.05, 0.1) is 18.6 Å². The molecule has 1 aromatic rings. The lowest BCUT2D eigenvalue weighted by Crippen LogP contribution is -2.46. The molecule has 2 aliphatic heterocycles. The molecular formula is C31H45NO4. The zero-order valence-corrected chi connectivity index (χ0v) is 22.7. The summed E-state index contributed by atoms with van der Waals surface area (Å²) in [5, 5.41) is 3.69. The van der Waals surface area contributed by atoms with Gasteiger partial charge in [-0.05, 0) is 101 Å².